The molecule has 9 nitrogen and oxygen atoms in total. The molecule has 1 N–H and O–H groups in total. The van der Waals surface area contributed by atoms with Crippen LogP contribution in [0.2, 0.25) is 0 Å². The van der Waals surface area contributed by atoms with Gasteiger partial charge in [0.1, 0.15) is 6.10 Å². The molecule has 204 valence electrons. The van der Waals surface area contributed by atoms with Gasteiger partial charge in [-0.3, -0.25) is 10.1 Å². The summed E-state index contributed by atoms with van der Waals surface area (Å²) in [6.45, 7) is 6.66. The van der Waals surface area contributed by atoms with Crippen LogP contribution in [0.3, 0.4) is 0 Å². The highest BCUT2D eigenvalue weighted by atomic mass is 32.2. The van der Waals surface area contributed by atoms with Crippen molar-refractivity contribution < 1.29 is 23.8 Å². The van der Waals surface area contributed by atoms with Gasteiger partial charge >= 0.3 is 11.3 Å². The third-order valence-corrected chi connectivity index (χ3v) is 7.84. The molecule has 2 aliphatic rings. The zero-order valence-electron chi connectivity index (χ0n) is 22.4. The van der Waals surface area contributed by atoms with Crippen LogP contribution in [-0.4, -0.2) is 72.2 Å². The molecular weight excluding hydrogens is 504 g/mol. The first-order valence-electron chi connectivity index (χ1n) is 13.0. The molecule has 1 fully saturated rings. The number of nitrogens with one attached hydrogen (secondary N) is 1. The summed E-state index contributed by atoms with van der Waals surface area (Å²) >= 11 is 1.28. The molecular formula is C28H36N4O5S. The molecule has 2 aromatic carbocycles. The van der Waals surface area contributed by atoms with E-state index in [9.17, 15) is 9.59 Å². The summed E-state index contributed by atoms with van der Waals surface area (Å²) in [7, 11) is 3.68. The maximum atomic E-state index is 12.9. The first kappa shape index (κ1) is 27.8. The fraction of sp³-hybridized carbons (Fsp3) is 0.464. The number of thioether (sulfide) groups is 1. The van der Waals surface area contributed by atoms with E-state index in [-0.39, 0.29) is 16.6 Å². The van der Waals surface area contributed by atoms with Gasteiger partial charge in [-0.05, 0) is 69.1 Å². The maximum Gasteiger partial charge on any atom is 0.411 e. The SMILES string of the molecule is CCOc1cc(C2=NN(Cc3ccc(NC(=O)OC4CCN(C)CC4)cc3)C(=O)SC2CC)ccc1OC. The van der Waals surface area contributed by atoms with Crippen LogP contribution >= 0.6 is 11.8 Å². The lowest BCUT2D eigenvalue weighted by Gasteiger charge is -2.29. The Bertz CT molecular complexity index is 1150. The van der Waals surface area contributed by atoms with Crippen LogP contribution in [0.4, 0.5) is 15.3 Å². The zero-order valence-corrected chi connectivity index (χ0v) is 23.3. The minimum absolute atomic E-state index is 0.0521. The monoisotopic (exact) mass is 540 g/mol. The average molecular weight is 541 g/mol. The molecule has 2 amide bonds. The lowest BCUT2D eigenvalue weighted by Crippen LogP contribution is -2.36. The number of rotatable bonds is 9. The fourth-order valence-corrected chi connectivity index (χ4v) is 5.40. The van der Waals surface area contributed by atoms with Gasteiger partial charge in [0.05, 0.1) is 31.2 Å². The number of methoxy groups -OCH3 is 1. The average Bonchev–Trinajstić information content (AvgIpc) is 2.92. The molecule has 2 heterocycles. The number of carbonyl (C=O) groups is 2. The zero-order chi connectivity index (χ0) is 27.1. The van der Waals surface area contributed by atoms with Crippen molar-refractivity contribution in [3.63, 3.8) is 0 Å². The first-order chi connectivity index (χ1) is 18.4. The Morgan fingerprint density at radius 2 is 1.84 bits per heavy atom. The summed E-state index contributed by atoms with van der Waals surface area (Å²) < 4.78 is 16.7. The number of carbonyl (C=O) groups excluding carboxylic acids is 2. The van der Waals surface area contributed by atoms with Crippen LogP contribution in [-0.2, 0) is 11.3 Å². The summed E-state index contributed by atoms with van der Waals surface area (Å²) in [6.07, 6.45) is 1.96. The molecule has 0 radical (unpaired) electrons. The van der Waals surface area contributed by atoms with Crippen molar-refractivity contribution in [3.8, 4) is 11.5 Å². The van der Waals surface area contributed by atoms with Crippen LogP contribution < -0.4 is 14.8 Å². The van der Waals surface area contributed by atoms with Crippen molar-refractivity contribution in [2.45, 2.75) is 51.0 Å². The number of ether oxygens (including phenoxy) is 3. The summed E-state index contributed by atoms with van der Waals surface area (Å²) in [5, 5.41) is 8.91. The van der Waals surface area contributed by atoms with Crippen LogP contribution in [0.5, 0.6) is 11.5 Å². The Kier molecular flexibility index (Phi) is 9.52. The smallest absolute Gasteiger partial charge is 0.411 e. The molecule has 0 spiro atoms. The number of anilines is 1. The molecule has 1 saturated heterocycles. The maximum absolute atomic E-state index is 12.9. The molecule has 1 atom stereocenters. The first-order valence-corrected chi connectivity index (χ1v) is 13.9. The molecule has 38 heavy (non-hydrogen) atoms. The van der Waals surface area contributed by atoms with Crippen molar-refractivity contribution in [3.05, 3.63) is 53.6 Å². The number of hydrogen-bond donors (Lipinski definition) is 1. The van der Waals surface area contributed by atoms with Gasteiger partial charge in [-0.1, -0.05) is 30.8 Å². The number of nitrogens with zero attached hydrogens (tertiary/aromatic N) is 3. The van der Waals surface area contributed by atoms with Gasteiger partial charge in [0, 0.05) is 24.3 Å². The second kappa shape index (κ2) is 13.0. The Hall–Kier alpha value is -3.24. The van der Waals surface area contributed by atoms with E-state index in [0.717, 1.165) is 49.2 Å². The Morgan fingerprint density at radius 3 is 2.50 bits per heavy atom. The van der Waals surface area contributed by atoms with Crippen LogP contribution in [0.15, 0.2) is 47.6 Å². The second-order valence-electron chi connectivity index (χ2n) is 9.35. The summed E-state index contributed by atoms with van der Waals surface area (Å²) in [5.41, 5.74) is 3.27. The van der Waals surface area contributed by atoms with Gasteiger partial charge in [-0.15, -0.1) is 0 Å². The van der Waals surface area contributed by atoms with E-state index in [2.05, 4.69) is 17.3 Å². The number of likely N-dealkylation sites (tertiary alicyclic amines) is 1. The standard InChI is InChI=1S/C28H36N4O5S/c1-5-25-26(20-9-12-23(35-4)24(17-20)36-6-2)30-32(28(34)38-25)18-19-7-10-21(11-8-19)29-27(33)37-22-13-15-31(3)16-14-22/h7-12,17,22,25H,5-6,13-16,18H2,1-4H3,(H,29,33). The Labute approximate surface area is 228 Å². The van der Waals surface area contributed by atoms with E-state index < -0.39 is 6.09 Å². The molecule has 2 aromatic rings. The van der Waals surface area contributed by atoms with E-state index in [1.807, 2.05) is 56.3 Å². The van der Waals surface area contributed by atoms with Gasteiger partial charge in [0.2, 0.25) is 0 Å². The van der Waals surface area contributed by atoms with Crippen LogP contribution in [0, 0.1) is 0 Å². The van der Waals surface area contributed by atoms with Gasteiger partial charge in [0.15, 0.2) is 11.5 Å². The molecule has 2 aliphatic heterocycles. The predicted octanol–water partition coefficient (Wildman–Crippen LogP) is 5.59. The summed E-state index contributed by atoms with van der Waals surface area (Å²) in [4.78, 5) is 27.4. The van der Waals surface area contributed by atoms with Crippen molar-refractivity contribution in [1.29, 1.82) is 0 Å². The normalized spacial score (nSPS) is 18.6. The second-order valence-corrected chi connectivity index (χ2v) is 10.5. The molecule has 0 saturated carbocycles. The minimum Gasteiger partial charge on any atom is -0.493 e. The number of hydrogen-bond acceptors (Lipinski definition) is 8. The number of hydrazone groups is 1. The van der Waals surface area contributed by atoms with Crippen LogP contribution in [0.25, 0.3) is 0 Å². The molecule has 0 bridgehead atoms. The Morgan fingerprint density at radius 1 is 1.11 bits per heavy atom. The topological polar surface area (TPSA) is 92.7 Å². The van der Waals surface area contributed by atoms with Crippen molar-refractivity contribution in [1.82, 2.24) is 9.91 Å². The summed E-state index contributed by atoms with van der Waals surface area (Å²) in [5.74, 6) is 1.31. The highest BCUT2D eigenvalue weighted by molar-refractivity contribution is 8.14. The van der Waals surface area contributed by atoms with E-state index in [0.29, 0.717) is 30.3 Å². The Balaban J connectivity index is 1.43. The van der Waals surface area contributed by atoms with Gasteiger partial charge in [-0.25, -0.2) is 9.80 Å². The highest BCUT2D eigenvalue weighted by Gasteiger charge is 2.30. The third-order valence-electron chi connectivity index (χ3n) is 6.59. The molecule has 1 unspecified atom stereocenters. The minimum atomic E-state index is -0.444. The van der Waals surface area contributed by atoms with Crippen LogP contribution in [0.1, 0.15) is 44.2 Å². The quantitative estimate of drug-likeness (QED) is 0.443. The molecule has 4 rings (SSSR count). The predicted molar refractivity (Wildman–Crippen MR) is 150 cm³/mol. The molecule has 0 aromatic heterocycles. The van der Waals surface area contributed by atoms with Gasteiger partial charge in [0.25, 0.3) is 0 Å². The van der Waals surface area contributed by atoms with Gasteiger partial charge < -0.3 is 19.1 Å². The van der Waals surface area contributed by atoms with E-state index >= 15 is 0 Å². The van der Waals surface area contributed by atoms with E-state index in [1.54, 1.807) is 7.11 Å². The lowest BCUT2D eigenvalue weighted by atomic mass is 10.0. The fourth-order valence-electron chi connectivity index (χ4n) is 4.47. The number of benzene rings is 2. The lowest BCUT2D eigenvalue weighted by molar-refractivity contribution is 0.0662. The van der Waals surface area contributed by atoms with Crippen molar-refractivity contribution >= 4 is 34.5 Å². The molecule has 0 aliphatic carbocycles. The van der Waals surface area contributed by atoms with E-state index in [4.69, 9.17) is 19.3 Å². The largest absolute Gasteiger partial charge is 0.493 e. The molecule has 10 heteroatoms. The van der Waals surface area contributed by atoms with Crippen molar-refractivity contribution in [2.75, 3.05) is 39.2 Å². The number of amides is 2. The van der Waals surface area contributed by atoms with Gasteiger partial charge in [-0.2, -0.15) is 5.10 Å². The number of piperidine rings is 1. The van der Waals surface area contributed by atoms with E-state index in [1.165, 1.54) is 16.8 Å². The van der Waals surface area contributed by atoms with Crippen molar-refractivity contribution in [2.24, 2.45) is 5.10 Å². The third kappa shape index (κ3) is 6.99. The highest BCUT2D eigenvalue weighted by Crippen LogP contribution is 2.34. The summed E-state index contributed by atoms with van der Waals surface area (Å²) in [6, 6.07) is 13.1.